The molecule has 5 nitrogen and oxygen atoms in total. The van der Waals surface area contributed by atoms with Crippen LogP contribution in [0.2, 0.25) is 0 Å². The second kappa shape index (κ2) is 8.76. The fraction of sp³-hybridized carbons (Fsp3) is 0.588. The molecule has 0 bridgehead atoms. The number of para-hydroxylation sites is 1. The van der Waals surface area contributed by atoms with Crippen LogP contribution in [0.1, 0.15) is 19.8 Å². The van der Waals surface area contributed by atoms with Crippen molar-refractivity contribution in [1.82, 2.24) is 10.2 Å². The Bertz CT molecular complexity index is 443. The Hall–Kier alpha value is -1.59. The van der Waals surface area contributed by atoms with Crippen LogP contribution in [0.3, 0.4) is 0 Å². The maximum atomic E-state index is 11.6. The van der Waals surface area contributed by atoms with E-state index in [1.54, 1.807) is 0 Å². The molecule has 1 heterocycles. The zero-order valence-electron chi connectivity index (χ0n) is 13.5. The smallest absolute Gasteiger partial charge is 0.220 e. The average Bonchev–Trinajstić information content (AvgIpc) is 2.58. The Morgan fingerprint density at radius 2 is 1.91 bits per heavy atom. The lowest BCUT2D eigenvalue weighted by Crippen LogP contribution is -2.52. The van der Waals surface area contributed by atoms with Crippen LogP contribution < -0.4 is 16.0 Å². The van der Waals surface area contributed by atoms with Gasteiger partial charge in [0.15, 0.2) is 0 Å². The first-order valence-electron chi connectivity index (χ1n) is 8.21. The molecule has 3 N–H and O–H groups in total. The number of piperazine rings is 1. The number of carbonyl (C=O) groups is 1. The first kappa shape index (κ1) is 16.8. The molecule has 1 aromatic rings. The SMILES string of the molecule is CC(CNC(=O)CCCN)N1CCN(c2ccccc2)CC1. The average molecular weight is 304 g/mol. The fourth-order valence-electron chi connectivity index (χ4n) is 2.80. The van der Waals surface area contributed by atoms with Crippen molar-refractivity contribution in [2.24, 2.45) is 5.73 Å². The van der Waals surface area contributed by atoms with Crippen LogP contribution in [0.15, 0.2) is 30.3 Å². The molecule has 1 aliphatic rings. The van der Waals surface area contributed by atoms with Gasteiger partial charge in [0.2, 0.25) is 5.91 Å². The number of anilines is 1. The van der Waals surface area contributed by atoms with E-state index < -0.39 is 0 Å². The summed E-state index contributed by atoms with van der Waals surface area (Å²) in [6, 6.07) is 10.9. The third-order valence-corrected chi connectivity index (χ3v) is 4.26. The largest absolute Gasteiger partial charge is 0.369 e. The van der Waals surface area contributed by atoms with E-state index >= 15 is 0 Å². The van der Waals surface area contributed by atoms with Gasteiger partial charge in [-0.05, 0) is 32.0 Å². The molecule has 1 atom stereocenters. The summed E-state index contributed by atoms with van der Waals surface area (Å²) < 4.78 is 0. The van der Waals surface area contributed by atoms with Gasteiger partial charge < -0.3 is 16.0 Å². The van der Waals surface area contributed by atoms with E-state index in [0.29, 0.717) is 19.0 Å². The van der Waals surface area contributed by atoms with Crippen LogP contribution in [0.4, 0.5) is 5.69 Å². The first-order chi connectivity index (χ1) is 10.7. The van der Waals surface area contributed by atoms with Gasteiger partial charge in [0.1, 0.15) is 0 Å². The predicted molar refractivity (Wildman–Crippen MR) is 91.0 cm³/mol. The number of nitrogens with two attached hydrogens (primary N) is 1. The maximum absolute atomic E-state index is 11.6. The molecule has 0 aliphatic carbocycles. The molecule has 1 amide bonds. The number of nitrogens with one attached hydrogen (secondary N) is 1. The molecule has 22 heavy (non-hydrogen) atoms. The minimum Gasteiger partial charge on any atom is -0.369 e. The van der Waals surface area contributed by atoms with Crippen molar-refractivity contribution >= 4 is 11.6 Å². The second-order valence-electron chi connectivity index (χ2n) is 5.90. The van der Waals surface area contributed by atoms with E-state index in [1.807, 2.05) is 0 Å². The molecule has 2 rings (SSSR count). The Balaban J connectivity index is 1.71. The zero-order chi connectivity index (χ0) is 15.8. The Morgan fingerprint density at radius 1 is 1.23 bits per heavy atom. The highest BCUT2D eigenvalue weighted by molar-refractivity contribution is 5.75. The van der Waals surface area contributed by atoms with Crippen molar-refractivity contribution in [2.45, 2.75) is 25.8 Å². The number of rotatable bonds is 7. The van der Waals surface area contributed by atoms with Gasteiger partial charge in [-0.2, -0.15) is 0 Å². The van der Waals surface area contributed by atoms with Gasteiger partial charge in [0, 0.05) is 50.9 Å². The Kier molecular flexibility index (Phi) is 6.68. The van der Waals surface area contributed by atoms with Gasteiger partial charge in [0.25, 0.3) is 0 Å². The lowest BCUT2D eigenvalue weighted by molar-refractivity contribution is -0.121. The number of benzene rings is 1. The lowest BCUT2D eigenvalue weighted by Gasteiger charge is -2.39. The quantitative estimate of drug-likeness (QED) is 0.790. The van der Waals surface area contributed by atoms with Crippen molar-refractivity contribution < 1.29 is 4.79 Å². The molecule has 0 saturated carbocycles. The third kappa shape index (κ3) is 5.00. The molecule has 1 aromatic carbocycles. The molecule has 122 valence electrons. The molecular weight excluding hydrogens is 276 g/mol. The molecular formula is C17H28N4O. The molecule has 1 saturated heterocycles. The highest BCUT2D eigenvalue weighted by Gasteiger charge is 2.21. The van der Waals surface area contributed by atoms with E-state index in [1.165, 1.54) is 5.69 Å². The molecule has 0 radical (unpaired) electrons. The normalized spacial score (nSPS) is 17.3. The minimum absolute atomic E-state index is 0.111. The van der Waals surface area contributed by atoms with Crippen LogP contribution >= 0.6 is 0 Å². The molecule has 1 aliphatic heterocycles. The van der Waals surface area contributed by atoms with E-state index in [0.717, 1.165) is 39.1 Å². The summed E-state index contributed by atoms with van der Waals surface area (Å²) in [5, 5.41) is 3.01. The van der Waals surface area contributed by atoms with Crippen molar-refractivity contribution in [1.29, 1.82) is 0 Å². The second-order valence-corrected chi connectivity index (χ2v) is 5.90. The molecule has 5 heteroatoms. The minimum atomic E-state index is 0.111. The summed E-state index contributed by atoms with van der Waals surface area (Å²) >= 11 is 0. The van der Waals surface area contributed by atoms with Gasteiger partial charge in [0.05, 0.1) is 0 Å². The topological polar surface area (TPSA) is 61.6 Å². The van der Waals surface area contributed by atoms with E-state index in [4.69, 9.17) is 5.73 Å². The highest BCUT2D eigenvalue weighted by Crippen LogP contribution is 2.16. The van der Waals surface area contributed by atoms with Crippen molar-refractivity contribution in [3.8, 4) is 0 Å². The molecule has 1 fully saturated rings. The van der Waals surface area contributed by atoms with Gasteiger partial charge in [-0.25, -0.2) is 0 Å². The first-order valence-corrected chi connectivity index (χ1v) is 8.21. The summed E-state index contributed by atoms with van der Waals surface area (Å²) in [5.41, 5.74) is 6.71. The van der Waals surface area contributed by atoms with E-state index in [9.17, 15) is 4.79 Å². The van der Waals surface area contributed by atoms with Crippen LogP contribution in [0.25, 0.3) is 0 Å². The van der Waals surface area contributed by atoms with Gasteiger partial charge in [-0.3, -0.25) is 9.69 Å². The number of amides is 1. The van der Waals surface area contributed by atoms with E-state index in [-0.39, 0.29) is 5.91 Å². The molecule has 1 unspecified atom stereocenters. The zero-order valence-corrected chi connectivity index (χ0v) is 13.5. The maximum Gasteiger partial charge on any atom is 0.220 e. The third-order valence-electron chi connectivity index (χ3n) is 4.26. The molecule has 0 spiro atoms. The van der Waals surface area contributed by atoms with E-state index in [2.05, 4.69) is 52.4 Å². The summed E-state index contributed by atoms with van der Waals surface area (Å²) in [5.74, 6) is 0.111. The number of nitrogens with zero attached hydrogens (tertiary/aromatic N) is 2. The number of carbonyl (C=O) groups excluding carboxylic acids is 1. The summed E-state index contributed by atoms with van der Waals surface area (Å²) in [7, 11) is 0. The summed E-state index contributed by atoms with van der Waals surface area (Å²) in [6.07, 6.45) is 1.29. The number of hydrogen-bond donors (Lipinski definition) is 2. The monoisotopic (exact) mass is 304 g/mol. The highest BCUT2D eigenvalue weighted by atomic mass is 16.1. The Labute approximate surface area is 133 Å². The van der Waals surface area contributed by atoms with Gasteiger partial charge >= 0.3 is 0 Å². The molecule has 0 aromatic heterocycles. The van der Waals surface area contributed by atoms with Crippen molar-refractivity contribution in [3.05, 3.63) is 30.3 Å². The van der Waals surface area contributed by atoms with Gasteiger partial charge in [-0.15, -0.1) is 0 Å². The predicted octanol–water partition coefficient (Wildman–Crippen LogP) is 1.05. The standard InChI is InChI=1S/C17H28N4O/c1-15(14-19-17(22)8-5-9-18)20-10-12-21(13-11-20)16-6-3-2-4-7-16/h2-4,6-7,15H,5,8-14,18H2,1H3,(H,19,22). The van der Waals surface area contributed by atoms with Crippen molar-refractivity contribution in [2.75, 3.05) is 44.2 Å². The van der Waals surface area contributed by atoms with Crippen LogP contribution in [0.5, 0.6) is 0 Å². The summed E-state index contributed by atoms with van der Waals surface area (Å²) in [4.78, 5) is 16.5. The fourth-order valence-corrected chi connectivity index (χ4v) is 2.80. The van der Waals surface area contributed by atoms with Gasteiger partial charge in [-0.1, -0.05) is 18.2 Å². The van der Waals surface area contributed by atoms with Crippen LogP contribution in [-0.2, 0) is 4.79 Å². The van der Waals surface area contributed by atoms with Crippen LogP contribution in [-0.4, -0.2) is 56.1 Å². The van der Waals surface area contributed by atoms with Crippen molar-refractivity contribution in [3.63, 3.8) is 0 Å². The lowest BCUT2D eigenvalue weighted by atomic mass is 10.2. The van der Waals surface area contributed by atoms with Crippen LogP contribution in [0, 0.1) is 0 Å². The number of hydrogen-bond acceptors (Lipinski definition) is 4. The summed E-state index contributed by atoms with van der Waals surface area (Å²) in [6.45, 7) is 7.62. The Morgan fingerprint density at radius 3 is 2.55 bits per heavy atom.